The molecule has 2 aromatic heterocycles. The molecule has 0 saturated heterocycles. The molecule has 1 fully saturated rings. The number of imidazole rings is 1. The third-order valence-electron chi connectivity index (χ3n) is 4.48. The van der Waals surface area contributed by atoms with Gasteiger partial charge in [0.1, 0.15) is 11.9 Å². The van der Waals surface area contributed by atoms with Crippen molar-refractivity contribution in [2.75, 3.05) is 18.9 Å². The van der Waals surface area contributed by atoms with Crippen molar-refractivity contribution in [1.29, 1.82) is 0 Å². The molecule has 30 heavy (non-hydrogen) atoms. The minimum atomic E-state index is -3.72. The second-order valence-corrected chi connectivity index (χ2v) is 10.4. The fourth-order valence-corrected chi connectivity index (χ4v) is 3.63. The molecule has 3 rings (SSSR count). The van der Waals surface area contributed by atoms with Gasteiger partial charge < -0.3 is 24.3 Å². The minimum Gasteiger partial charge on any atom is -0.438 e. The Morgan fingerprint density at radius 1 is 1.40 bits per heavy atom. The van der Waals surface area contributed by atoms with Gasteiger partial charge in [-0.3, -0.25) is 13.9 Å². The third-order valence-corrected chi connectivity index (χ3v) is 6.08. The summed E-state index contributed by atoms with van der Waals surface area (Å²) in [4.78, 5) is 24.0. The summed E-state index contributed by atoms with van der Waals surface area (Å²) in [6.07, 6.45) is 2.65. The summed E-state index contributed by atoms with van der Waals surface area (Å²) in [5.41, 5.74) is 5.26. The molecule has 13 heteroatoms. The highest BCUT2D eigenvalue weighted by Gasteiger charge is 2.46. The summed E-state index contributed by atoms with van der Waals surface area (Å²) in [6, 6.07) is 0. The van der Waals surface area contributed by atoms with Gasteiger partial charge in [-0.25, -0.2) is 4.98 Å². The number of aromatic nitrogens is 4. The molecule has 2 aromatic rings. The Kier molecular flexibility index (Phi) is 6.41. The number of carbonyl (C=O) groups excluding carboxylic acids is 1. The van der Waals surface area contributed by atoms with Crippen LogP contribution in [-0.4, -0.2) is 44.2 Å². The number of anilines is 1. The van der Waals surface area contributed by atoms with Gasteiger partial charge in [-0.1, -0.05) is 11.6 Å². The molecular formula is C17H24ClN5O6P. The summed E-state index contributed by atoms with van der Waals surface area (Å²) in [6.45, 7) is 4.93. The van der Waals surface area contributed by atoms with Crippen molar-refractivity contribution in [3.05, 3.63) is 18.6 Å². The van der Waals surface area contributed by atoms with Crippen molar-refractivity contribution in [1.82, 2.24) is 19.5 Å². The van der Waals surface area contributed by atoms with E-state index in [1.54, 1.807) is 31.7 Å². The molecule has 0 aliphatic heterocycles. The highest BCUT2D eigenvalue weighted by molar-refractivity contribution is 7.53. The molecule has 1 aliphatic rings. The summed E-state index contributed by atoms with van der Waals surface area (Å²) in [5.74, 6) is -0.460. The summed E-state index contributed by atoms with van der Waals surface area (Å²) in [5, 5.41) is 0.162. The van der Waals surface area contributed by atoms with Gasteiger partial charge in [0.05, 0.1) is 31.0 Å². The SMILES string of the molecule is [CH2]OP(=O)(COC1(Cn2cnc3c(Cl)nc(N)nc32)CC1)OCOC(=O)C(C)(C)C. The smallest absolute Gasteiger partial charge is 0.359 e. The number of rotatable bonds is 9. The van der Waals surface area contributed by atoms with E-state index in [9.17, 15) is 9.36 Å². The van der Waals surface area contributed by atoms with Gasteiger partial charge in [0.15, 0.2) is 10.8 Å². The van der Waals surface area contributed by atoms with Crippen LogP contribution in [-0.2, 0) is 34.4 Å². The second-order valence-electron chi connectivity index (χ2n) is 8.04. The first-order chi connectivity index (χ1) is 14.0. The van der Waals surface area contributed by atoms with Crippen LogP contribution in [0.1, 0.15) is 33.6 Å². The van der Waals surface area contributed by atoms with Crippen LogP contribution in [0, 0.1) is 12.5 Å². The Morgan fingerprint density at radius 2 is 2.10 bits per heavy atom. The number of hydrogen-bond donors (Lipinski definition) is 1. The average molecular weight is 461 g/mol. The summed E-state index contributed by atoms with van der Waals surface area (Å²) >= 11 is 6.05. The number of nitrogen functional groups attached to an aromatic ring is 1. The molecule has 1 radical (unpaired) electrons. The third kappa shape index (κ3) is 5.28. The average Bonchev–Trinajstić information content (AvgIpc) is 3.32. The van der Waals surface area contributed by atoms with Crippen LogP contribution in [0.5, 0.6) is 0 Å². The van der Waals surface area contributed by atoms with Crippen LogP contribution >= 0.6 is 19.2 Å². The van der Waals surface area contributed by atoms with Gasteiger partial charge in [-0.15, -0.1) is 0 Å². The molecule has 1 saturated carbocycles. The Bertz CT molecular complexity index is 987. The molecule has 165 valence electrons. The van der Waals surface area contributed by atoms with E-state index in [0.29, 0.717) is 17.7 Å². The van der Waals surface area contributed by atoms with Gasteiger partial charge in [-0.05, 0) is 33.6 Å². The van der Waals surface area contributed by atoms with Crippen LogP contribution in [0.25, 0.3) is 11.2 Å². The molecule has 2 heterocycles. The molecule has 0 spiro atoms. The van der Waals surface area contributed by atoms with Crippen molar-refractivity contribution in [3.8, 4) is 0 Å². The summed E-state index contributed by atoms with van der Waals surface area (Å²) in [7, 11) is -0.529. The van der Waals surface area contributed by atoms with E-state index in [4.69, 9.17) is 35.9 Å². The molecular weight excluding hydrogens is 437 g/mol. The molecule has 0 amide bonds. The first-order valence-electron chi connectivity index (χ1n) is 9.09. The lowest BCUT2D eigenvalue weighted by molar-refractivity contribution is -0.160. The maximum Gasteiger partial charge on any atom is 0.359 e. The lowest BCUT2D eigenvalue weighted by Crippen LogP contribution is -2.25. The van der Waals surface area contributed by atoms with Crippen LogP contribution in [0.2, 0.25) is 5.15 Å². The van der Waals surface area contributed by atoms with E-state index in [0.717, 1.165) is 12.8 Å². The number of nitrogens with two attached hydrogens (primary N) is 1. The number of fused-ring (bicyclic) bond motifs is 1. The molecule has 1 unspecified atom stereocenters. The van der Waals surface area contributed by atoms with Crippen LogP contribution in [0.15, 0.2) is 6.33 Å². The molecule has 2 N–H and O–H groups in total. The van der Waals surface area contributed by atoms with Crippen molar-refractivity contribution in [2.45, 2.75) is 45.8 Å². The molecule has 1 aliphatic carbocycles. The van der Waals surface area contributed by atoms with Crippen molar-refractivity contribution in [2.24, 2.45) is 5.41 Å². The van der Waals surface area contributed by atoms with Gasteiger partial charge in [0, 0.05) is 0 Å². The first kappa shape index (κ1) is 22.9. The lowest BCUT2D eigenvalue weighted by Gasteiger charge is -2.22. The maximum atomic E-state index is 12.7. The number of carbonyl (C=O) groups is 1. The van der Waals surface area contributed by atoms with Crippen molar-refractivity contribution < 1.29 is 27.9 Å². The first-order valence-corrected chi connectivity index (χ1v) is 11.2. The Balaban J connectivity index is 1.60. The lowest BCUT2D eigenvalue weighted by atomic mass is 9.98. The second kappa shape index (κ2) is 8.39. The number of ether oxygens (including phenoxy) is 2. The van der Waals surface area contributed by atoms with Crippen molar-refractivity contribution >= 4 is 42.3 Å². The number of hydrogen-bond acceptors (Lipinski definition) is 10. The normalized spacial score (nSPS) is 17.6. The van der Waals surface area contributed by atoms with Crippen LogP contribution in [0.4, 0.5) is 5.95 Å². The van der Waals surface area contributed by atoms with E-state index >= 15 is 0 Å². The minimum absolute atomic E-state index is 0.0353. The monoisotopic (exact) mass is 460 g/mol. The van der Waals surface area contributed by atoms with Gasteiger partial charge >= 0.3 is 13.6 Å². The molecule has 0 bridgehead atoms. The number of halogens is 1. The zero-order valence-electron chi connectivity index (χ0n) is 17.0. The van der Waals surface area contributed by atoms with E-state index in [1.165, 1.54) is 0 Å². The van der Waals surface area contributed by atoms with Gasteiger partial charge in [-0.2, -0.15) is 9.97 Å². The van der Waals surface area contributed by atoms with E-state index in [-0.39, 0.29) is 17.4 Å². The molecule has 0 aromatic carbocycles. The Morgan fingerprint density at radius 3 is 2.70 bits per heavy atom. The quantitative estimate of drug-likeness (QED) is 0.256. The van der Waals surface area contributed by atoms with Gasteiger partial charge in [0.25, 0.3) is 0 Å². The predicted octanol–water partition coefficient (Wildman–Crippen LogP) is 3.13. The fourth-order valence-electron chi connectivity index (χ4n) is 2.54. The highest BCUT2D eigenvalue weighted by atomic mass is 35.5. The Hall–Kier alpha value is -1.78. The number of esters is 1. The zero-order valence-corrected chi connectivity index (χ0v) is 18.6. The van der Waals surface area contributed by atoms with E-state index < -0.39 is 31.4 Å². The number of nitrogens with zero attached hydrogens (tertiary/aromatic N) is 4. The highest BCUT2D eigenvalue weighted by Crippen LogP contribution is 2.52. The molecule has 1 atom stereocenters. The van der Waals surface area contributed by atoms with Crippen LogP contribution < -0.4 is 5.73 Å². The fraction of sp³-hybridized carbons (Fsp3) is 0.588. The zero-order chi connectivity index (χ0) is 22.2. The standard InChI is InChI=1S/C17H24ClN5O6P/c1-16(2,3)14(24)27-9-29-30(25,26-4)10-28-17(5-6-17)7-23-8-20-11-12(18)21-15(19)22-13(11)23/h8H,4-7,9-10H2,1-3H3,(H2,19,21,22). The van der Waals surface area contributed by atoms with E-state index in [1.807, 2.05) is 0 Å². The van der Waals surface area contributed by atoms with E-state index in [2.05, 4.69) is 22.1 Å². The summed E-state index contributed by atoms with van der Waals surface area (Å²) < 4.78 is 35.1. The Labute approximate surface area is 178 Å². The van der Waals surface area contributed by atoms with Gasteiger partial charge in [0.2, 0.25) is 12.7 Å². The van der Waals surface area contributed by atoms with Crippen LogP contribution in [0.3, 0.4) is 0 Å². The predicted molar refractivity (Wildman–Crippen MR) is 108 cm³/mol. The maximum absolute atomic E-state index is 12.7. The molecule has 11 nitrogen and oxygen atoms in total. The topological polar surface area (TPSA) is 141 Å². The largest absolute Gasteiger partial charge is 0.438 e. The van der Waals surface area contributed by atoms with Crippen molar-refractivity contribution in [3.63, 3.8) is 0 Å².